The van der Waals surface area contributed by atoms with Crippen LogP contribution in [0, 0.1) is 5.41 Å². The molecule has 4 heteroatoms. The summed E-state index contributed by atoms with van der Waals surface area (Å²) in [5.41, 5.74) is 5.72. The average molecular weight is 328 g/mol. The van der Waals surface area contributed by atoms with Gasteiger partial charge in [0.2, 0.25) is 0 Å². The number of hydrogen-bond donors (Lipinski definition) is 0. The molecule has 4 rings (SSSR count). The summed E-state index contributed by atoms with van der Waals surface area (Å²) in [6, 6.07) is 2.27. The third-order valence-corrected chi connectivity index (χ3v) is 5.69. The van der Waals surface area contributed by atoms with E-state index >= 15 is 0 Å². The van der Waals surface area contributed by atoms with Gasteiger partial charge in [-0.2, -0.15) is 0 Å². The Kier molecular flexibility index (Phi) is 3.49. The first-order valence-electron chi connectivity index (χ1n) is 8.55. The standard InChI is InChI=1S/C19H24N2OS/c1-18(2,3)10-14-9-13-5-8-19(6-4-7-19)22-17(13)16(21-14)15-11-20-12-23-15/h9,11-12H,4-8,10H2,1-3H3. The minimum Gasteiger partial charge on any atom is -0.485 e. The number of aromatic nitrogens is 2. The predicted molar refractivity (Wildman–Crippen MR) is 94.0 cm³/mol. The van der Waals surface area contributed by atoms with E-state index in [1.165, 1.54) is 30.5 Å². The van der Waals surface area contributed by atoms with Crippen molar-refractivity contribution in [3.63, 3.8) is 0 Å². The molecule has 0 atom stereocenters. The quantitative estimate of drug-likeness (QED) is 0.774. The molecule has 1 spiro atoms. The van der Waals surface area contributed by atoms with E-state index in [4.69, 9.17) is 9.72 Å². The Morgan fingerprint density at radius 3 is 2.70 bits per heavy atom. The molecule has 3 nitrogen and oxygen atoms in total. The SMILES string of the molecule is CC(C)(C)Cc1cc2c(c(-c3cncs3)n1)OC1(CCC1)CC2. The molecule has 1 fully saturated rings. The Morgan fingerprint density at radius 2 is 2.09 bits per heavy atom. The zero-order chi connectivity index (χ0) is 16.1. The number of rotatable bonds is 2. The molecule has 2 aliphatic rings. The highest BCUT2D eigenvalue weighted by Gasteiger charge is 2.43. The summed E-state index contributed by atoms with van der Waals surface area (Å²) in [6.07, 6.45) is 8.84. The van der Waals surface area contributed by atoms with Crippen LogP contribution in [0.1, 0.15) is 57.7 Å². The Hall–Kier alpha value is -1.42. The fourth-order valence-corrected chi connectivity index (χ4v) is 4.24. The normalized spacial score (nSPS) is 19.1. The molecular weight excluding hydrogens is 304 g/mol. The summed E-state index contributed by atoms with van der Waals surface area (Å²) < 4.78 is 6.51. The third kappa shape index (κ3) is 2.89. The second-order valence-corrected chi connectivity index (χ2v) is 9.08. The second-order valence-electron chi connectivity index (χ2n) is 8.19. The van der Waals surface area contributed by atoms with E-state index in [2.05, 4.69) is 31.8 Å². The molecule has 23 heavy (non-hydrogen) atoms. The molecule has 3 heterocycles. The monoisotopic (exact) mass is 328 g/mol. The fourth-order valence-electron chi connectivity index (χ4n) is 3.63. The van der Waals surface area contributed by atoms with Gasteiger partial charge in [-0.1, -0.05) is 20.8 Å². The van der Waals surface area contributed by atoms with Gasteiger partial charge in [-0.05, 0) is 55.6 Å². The first-order chi connectivity index (χ1) is 10.9. The van der Waals surface area contributed by atoms with Crippen LogP contribution in [-0.2, 0) is 12.8 Å². The van der Waals surface area contributed by atoms with Gasteiger partial charge < -0.3 is 4.74 Å². The summed E-state index contributed by atoms with van der Waals surface area (Å²) in [7, 11) is 0. The molecule has 0 bridgehead atoms. The Labute approximate surface area is 142 Å². The lowest BCUT2D eigenvalue weighted by Gasteiger charge is -2.45. The highest BCUT2D eigenvalue weighted by atomic mass is 32.1. The lowest BCUT2D eigenvalue weighted by atomic mass is 9.74. The van der Waals surface area contributed by atoms with Crippen molar-refractivity contribution in [2.75, 3.05) is 0 Å². The van der Waals surface area contributed by atoms with Crippen molar-refractivity contribution in [1.82, 2.24) is 9.97 Å². The molecule has 0 N–H and O–H groups in total. The van der Waals surface area contributed by atoms with Crippen molar-refractivity contribution >= 4 is 11.3 Å². The van der Waals surface area contributed by atoms with Gasteiger partial charge in [-0.15, -0.1) is 11.3 Å². The summed E-state index contributed by atoms with van der Waals surface area (Å²) in [5, 5.41) is 0. The second kappa shape index (κ2) is 5.30. The number of thiazole rings is 1. The van der Waals surface area contributed by atoms with Crippen LogP contribution in [0.25, 0.3) is 10.6 Å². The van der Waals surface area contributed by atoms with Crippen molar-refractivity contribution in [1.29, 1.82) is 0 Å². The minimum atomic E-state index is 0.0969. The van der Waals surface area contributed by atoms with E-state index in [0.717, 1.165) is 35.6 Å². The van der Waals surface area contributed by atoms with Gasteiger partial charge in [0.25, 0.3) is 0 Å². The van der Waals surface area contributed by atoms with Crippen LogP contribution >= 0.6 is 11.3 Å². The van der Waals surface area contributed by atoms with Crippen molar-refractivity contribution in [2.45, 2.75) is 64.9 Å². The summed E-state index contributed by atoms with van der Waals surface area (Å²) in [5.74, 6) is 1.03. The number of aryl methyl sites for hydroxylation is 1. The van der Waals surface area contributed by atoms with Gasteiger partial charge in [0.15, 0.2) is 5.75 Å². The molecule has 2 aromatic heterocycles. The lowest BCUT2D eigenvalue weighted by Crippen LogP contribution is -2.46. The molecule has 1 aliphatic carbocycles. The molecule has 0 saturated heterocycles. The van der Waals surface area contributed by atoms with E-state index in [9.17, 15) is 0 Å². The van der Waals surface area contributed by atoms with Gasteiger partial charge in [0, 0.05) is 11.9 Å². The Balaban J connectivity index is 1.79. The minimum absolute atomic E-state index is 0.0969. The van der Waals surface area contributed by atoms with Crippen LogP contribution in [0.15, 0.2) is 17.8 Å². The smallest absolute Gasteiger partial charge is 0.150 e. The van der Waals surface area contributed by atoms with Crippen LogP contribution in [0.5, 0.6) is 5.75 Å². The van der Waals surface area contributed by atoms with E-state index in [0.29, 0.717) is 0 Å². The van der Waals surface area contributed by atoms with Crippen LogP contribution in [-0.4, -0.2) is 15.6 Å². The van der Waals surface area contributed by atoms with E-state index in [-0.39, 0.29) is 11.0 Å². The Morgan fingerprint density at radius 1 is 1.26 bits per heavy atom. The molecule has 0 radical (unpaired) electrons. The van der Waals surface area contributed by atoms with Crippen molar-refractivity contribution in [2.24, 2.45) is 5.41 Å². The molecule has 122 valence electrons. The predicted octanol–water partition coefficient (Wildman–Crippen LogP) is 5.04. The van der Waals surface area contributed by atoms with Crippen LogP contribution in [0.3, 0.4) is 0 Å². The molecule has 0 amide bonds. The molecule has 0 aromatic carbocycles. The van der Waals surface area contributed by atoms with Crippen molar-refractivity contribution < 1.29 is 4.74 Å². The maximum Gasteiger partial charge on any atom is 0.150 e. The molecule has 1 saturated carbocycles. The van der Waals surface area contributed by atoms with Gasteiger partial charge in [0.1, 0.15) is 11.3 Å². The van der Waals surface area contributed by atoms with Gasteiger partial charge in [-0.3, -0.25) is 4.98 Å². The summed E-state index contributed by atoms with van der Waals surface area (Å²) in [6.45, 7) is 6.79. The van der Waals surface area contributed by atoms with Crippen LogP contribution < -0.4 is 4.74 Å². The molecular formula is C19H24N2OS. The van der Waals surface area contributed by atoms with Gasteiger partial charge >= 0.3 is 0 Å². The van der Waals surface area contributed by atoms with E-state index < -0.39 is 0 Å². The number of pyridine rings is 1. The molecule has 2 aromatic rings. The number of fused-ring (bicyclic) bond motifs is 1. The molecule has 0 unspecified atom stereocenters. The largest absolute Gasteiger partial charge is 0.485 e. The number of ether oxygens (including phenoxy) is 1. The van der Waals surface area contributed by atoms with Crippen molar-refractivity contribution in [3.8, 4) is 16.3 Å². The van der Waals surface area contributed by atoms with E-state index in [1.54, 1.807) is 11.3 Å². The first kappa shape index (κ1) is 15.1. The highest BCUT2D eigenvalue weighted by molar-refractivity contribution is 7.13. The third-order valence-electron chi connectivity index (χ3n) is 4.91. The van der Waals surface area contributed by atoms with Gasteiger partial charge in [-0.25, -0.2) is 4.98 Å². The van der Waals surface area contributed by atoms with Crippen LogP contribution in [0.4, 0.5) is 0 Å². The van der Waals surface area contributed by atoms with Crippen LogP contribution in [0.2, 0.25) is 0 Å². The number of nitrogens with zero attached hydrogens (tertiary/aromatic N) is 2. The topological polar surface area (TPSA) is 35.0 Å². The number of hydrogen-bond acceptors (Lipinski definition) is 4. The zero-order valence-electron chi connectivity index (χ0n) is 14.2. The lowest BCUT2D eigenvalue weighted by molar-refractivity contribution is -0.0247. The first-order valence-corrected chi connectivity index (χ1v) is 9.43. The Bertz CT molecular complexity index is 712. The fraction of sp³-hybridized carbons (Fsp3) is 0.579. The molecule has 1 aliphatic heterocycles. The van der Waals surface area contributed by atoms with Gasteiger partial charge in [0.05, 0.1) is 10.4 Å². The highest BCUT2D eigenvalue weighted by Crippen LogP contribution is 2.48. The van der Waals surface area contributed by atoms with Crippen molar-refractivity contribution in [3.05, 3.63) is 29.0 Å². The zero-order valence-corrected chi connectivity index (χ0v) is 15.0. The maximum atomic E-state index is 6.51. The summed E-state index contributed by atoms with van der Waals surface area (Å²) in [4.78, 5) is 10.3. The van der Waals surface area contributed by atoms with E-state index in [1.807, 2.05) is 11.7 Å². The average Bonchev–Trinajstić information content (AvgIpc) is 2.96. The maximum absolute atomic E-state index is 6.51. The summed E-state index contributed by atoms with van der Waals surface area (Å²) >= 11 is 1.65.